The van der Waals surface area contributed by atoms with Crippen LogP contribution in [-0.2, 0) is 26.5 Å². The maximum absolute atomic E-state index is 12.8. The molecule has 0 radical (unpaired) electrons. The maximum Gasteiger partial charge on any atom is 0.261 e. The van der Waals surface area contributed by atoms with Gasteiger partial charge in [0.05, 0.1) is 9.79 Å². The Morgan fingerprint density at radius 1 is 0.964 bits per heavy atom. The van der Waals surface area contributed by atoms with Gasteiger partial charge in [-0.15, -0.1) is 0 Å². The molecule has 0 saturated carbocycles. The van der Waals surface area contributed by atoms with Gasteiger partial charge in [-0.3, -0.25) is 4.72 Å². The van der Waals surface area contributed by atoms with Gasteiger partial charge in [0.25, 0.3) is 10.0 Å². The molecule has 1 aliphatic heterocycles. The van der Waals surface area contributed by atoms with Gasteiger partial charge in [0, 0.05) is 18.8 Å². The van der Waals surface area contributed by atoms with Gasteiger partial charge < -0.3 is 0 Å². The van der Waals surface area contributed by atoms with Crippen LogP contribution < -0.4 is 4.72 Å². The lowest BCUT2D eigenvalue weighted by atomic mass is 10.0. The highest BCUT2D eigenvalue weighted by Crippen LogP contribution is 2.25. The van der Waals surface area contributed by atoms with Crippen LogP contribution in [0.3, 0.4) is 0 Å². The molecule has 0 aromatic heterocycles. The first-order valence-electron chi connectivity index (χ1n) is 9.44. The van der Waals surface area contributed by atoms with Gasteiger partial charge in [0.2, 0.25) is 10.0 Å². The van der Waals surface area contributed by atoms with Gasteiger partial charge in [-0.25, -0.2) is 16.8 Å². The number of benzene rings is 2. The lowest BCUT2D eigenvalue weighted by Gasteiger charge is -2.30. The minimum absolute atomic E-state index is 0.170. The molecule has 28 heavy (non-hydrogen) atoms. The van der Waals surface area contributed by atoms with Crippen molar-refractivity contribution in [1.82, 2.24) is 4.31 Å². The summed E-state index contributed by atoms with van der Waals surface area (Å²) < 4.78 is 54.7. The van der Waals surface area contributed by atoms with Crippen LogP contribution in [0.2, 0.25) is 0 Å². The van der Waals surface area contributed by atoms with Crippen LogP contribution >= 0.6 is 0 Å². The van der Waals surface area contributed by atoms with Crippen molar-refractivity contribution in [3.05, 3.63) is 54.1 Å². The molecule has 2 aromatic rings. The van der Waals surface area contributed by atoms with Crippen LogP contribution in [0.15, 0.2) is 58.3 Å². The Bertz CT molecular complexity index is 1010. The predicted octanol–water partition coefficient (Wildman–Crippen LogP) is 3.47. The zero-order chi connectivity index (χ0) is 20.4. The second-order valence-corrected chi connectivity index (χ2v) is 10.9. The molecule has 1 heterocycles. The summed E-state index contributed by atoms with van der Waals surface area (Å²) in [5.74, 6) is 0.341. The summed E-state index contributed by atoms with van der Waals surface area (Å²) in [7, 11) is -7.28. The van der Waals surface area contributed by atoms with E-state index in [0.29, 0.717) is 24.7 Å². The Morgan fingerprint density at radius 2 is 1.57 bits per heavy atom. The fraction of sp³-hybridized carbons (Fsp3) is 0.400. The topological polar surface area (TPSA) is 83.5 Å². The van der Waals surface area contributed by atoms with Crippen molar-refractivity contribution >= 4 is 25.7 Å². The number of sulfonamides is 2. The monoisotopic (exact) mass is 422 g/mol. The molecule has 0 spiro atoms. The lowest BCUT2D eigenvalue weighted by Crippen LogP contribution is -2.39. The average molecular weight is 423 g/mol. The molecule has 6 nitrogen and oxygen atoms in total. The van der Waals surface area contributed by atoms with Crippen molar-refractivity contribution in [2.75, 3.05) is 17.8 Å². The Balaban J connectivity index is 1.76. The van der Waals surface area contributed by atoms with E-state index in [4.69, 9.17) is 0 Å². The molecule has 1 fully saturated rings. The number of piperidine rings is 1. The van der Waals surface area contributed by atoms with Gasteiger partial charge in [-0.1, -0.05) is 26.0 Å². The molecular formula is C20H26N2O4S2. The number of nitrogens with zero attached hydrogens (tertiary/aromatic N) is 1. The van der Waals surface area contributed by atoms with Crippen LogP contribution in [0.25, 0.3) is 0 Å². The molecule has 1 atom stereocenters. The van der Waals surface area contributed by atoms with E-state index in [9.17, 15) is 16.8 Å². The summed E-state index contributed by atoms with van der Waals surface area (Å²) in [6, 6.07) is 12.6. The van der Waals surface area contributed by atoms with Crippen molar-refractivity contribution in [2.24, 2.45) is 5.92 Å². The summed E-state index contributed by atoms with van der Waals surface area (Å²) >= 11 is 0. The number of hydrogen-bond acceptors (Lipinski definition) is 4. The third-order valence-corrected chi connectivity index (χ3v) is 8.28. The van der Waals surface area contributed by atoms with E-state index < -0.39 is 20.0 Å². The fourth-order valence-corrected chi connectivity index (χ4v) is 5.98. The first kappa shape index (κ1) is 20.8. The molecule has 1 N–H and O–H groups in total. The molecule has 1 unspecified atom stereocenters. The van der Waals surface area contributed by atoms with Gasteiger partial charge in [-0.2, -0.15) is 4.31 Å². The molecular weight excluding hydrogens is 396 g/mol. The third kappa shape index (κ3) is 4.56. The highest BCUT2D eigenvalue weighted by molar-refractivity contribution is 7.92. The van der Waals surface area contributed by atoms with Crippen molar-refractivity contribution in [3.63, 3.8) is 0 Å². The molecule has 0 aliphatic carbocycles. The second kappa shape index (κ2) is 8.23. The van der Waals surface area contributed by atoms with Gasteiger partial charge in [-0.05, 0) is 67.1 Å². The second-order valence-electron chi connectivity index (χ2n) is 7.24. The summed E-state index contributed by atoms with van der Waals surface area (Å²) in [6.45, 7) is 5.09. The first-order chi connectivity index (χ1) is 13.2. The SMILES string of the molecule is CCc1ccc(S(=O)(=O)Nc2ccc(S(=O)(=O)N3CCCC(C)C3)cc2)cc1. The predicted molar refractivity (Wildman–Crippen MR) is 110 cm³/mol. The van der Waals surface area contributed by atoms with Crippen molar-refractivity contribution in [3.8, 4) is 0 Å². The highest BCUT2D eigenvalue weighted by atomic mass is 32.2. The summed E-state index contributed by atoms with van der Waals surface area (Å²) in [4.78, 5) is 0.348. The Kier molecular flexibility index (Phi) is 6.12. The Hall–Kier alpha value is -1.90. The van der Waals surface area contributed by atoms with Crippen molar-refractivity contribution < 1.29 is 16.8 Å². The smallest absolute Gasteiger partial charge is 0.261 e. The van der Waals surface area contributed by atoms with Crippen LogP contribution in [0.4, 0.5) is 5.69 Å². The van der Waals surface area contributed by atoms with Crippen LogP contribution in [0.1, 0.15) is 32.3 Å². The normalized spacial score (nSPS) is 18.7. The number of aryl methyl sites for hydroxylation is 1. The molecule has 0 bridgehead atoms. The van der Waals surface area contributed by atoms with Gasteiger partial charge >= 0.3 is 0 Å². The number of hydrogen-bond donors (Lipinski definition) is 1. The van der Waals surface area contributed by atoms with E-state index in [1.807, 2.05) is 13.8 Å². The molecule has 3 rings (SSSR count). The molecule has 8 heteroatoms. The average Bonchev–Trinajstić information content (AvgIpc) is 2.68. The summed E-state index contributed by atoms with van der Waals surface area (Å²) in [6.07, 6.45) is 2.72. The number of rotatable bonds is 6. The molecule has 0 amide bonds. The Morgan fingerprint density at radius 3 is 2.14 bits per heavy atom. The third-order valence-electron chi connectivity index (χ3n) is 5.01. The largest absolute Gasteiger partial charge is 0.280 e. The fourth-order valence-electron chi connectivity index (χ4n) is 3.33. The van der Waals surface area contributed by atoms with Crippen molar-refractivity contribution in [2.45, 2.75) is 42.9 Å². The van der Waals surface area contributed by atoms with Crippen LogP contribution in [0.5, 0.6) is 0 Å². The zero-order valence-electron chi connectivity index (χ0n) is 16.1. The van der Waals surface area contributed by atoms with Gasteiger partial charge in [0.1, 0.15) is 0 Å². The van der Waals surface area contributed by atoms with Crippen molar-refractivity contribution in [1.29, 1.82) is 0 Å². The number of nitrogens with one attached hydrogen (secondary N) is 1. The van der Waals surface area contributed by atoms with E-state index >= 15 is 0 Å². The number of anilines is 1. The van der Waals surface area contributed by atoms with Crippen LogP contribution in [-0.4, -0.2) is 34.2 Å². The molecule has 152 valence electrons. The Labute approximate surface area is 167 Å². The van der Waals surface area contributed by atoms with Gasteiger partial charge in [0.15, 0.2) is 0 Å². The molecule has 1 aliphatic rings. The van der Waals surface area contributed by atoms with E-state index in [0.717, 1.165) is 24.8 Å². The lowest BCUT2D eigenvalue weighted by molar-refractivity contribution is 0.281. The summed E-state index contributed by atoms with van der Waals surface area (Å²) in [5, 5.41) is 0. The van der Waals surface area contributed by atoms with E-state index in [1.165, 1.54) is 28.6 Å². The van der Waals surface area contributed by atoms with Crippen LogP contribution in [0, 0.1) is 5.92 Å². The summed E-state index contributed by atoms with van der Waals surface area (Å²) in [5.41, 5.74) is 1.38. The standard InChI is InChI=1S/C20H26N2O4S2/c1-3-17-6-10-19(11-7-17)27(23,24)21-18-8-12-20(13-9-18)28(25,26)22-14-4-5-16(2)15-22/h6-13,16,21H,3-5,14-15H2,1-2H3. The maximum atomic E-state index is 12.8. The first-order valence-corrected chi connectivity index (χ1v) is 12.4. The highest BCUT2D eigenvalue weighted by Gasteiger charge is 2.28. The molecule has 1 saturated heterocycles. The van der Waals surface area contributed by atoms with E-state index in [1.54, 1.807) is 24.3 Å². The van der Waals surface area contributed by atoms with E-state index in [-0.39, 0.29) is 9.79 Å². The van der Waals surface area contributed by atoms with E-state index in [2.05, 4.69) is 4.72 Å². The molecule has 2 aromatic carbocycles. The quantitative estimate of drug-likeness (QED) is 0.773. The minimum Gasteiger partial charge on any atom is -0.280 e. The zero-order valence-corrected chi connectivity index (χ0v) is 17.8. The minimum atomic E-state index is -3.72.